The highest BCUT2D eigenvalue weighted by Gasteiger charge is 2.30. The largest absolute Gasteiger partial charge is 0.484 e. The number of hydrogen-bond acceptors (Lipinski definition) is 4. The van der Waals surface area contributed by atoms with Gasteiger partial charge in [-0.1, -0.05) is 30.3 Å². The van der Waals surface area contributed by atoms with E-state index in [1.165, 1.54) is 28.9 Å². The van der Waals surface area contributed by atoms with Crippen LogP contribution in [0.1, 0.15) is 18.9 Å². The summed E-state index contributed by atoms with van der Waals surface area (Å²) in [5.74, 6) is 0.373. The van der Waals surface area contributed by atoms with E-state index in [0.717, 1.165) is 18.4 Å². The van der Waals surface area contributed by atoms with Crippen molar-refractivity contribution >= 4 is 5.91 Å². The van der Waals surface area contributed by atoms with Crippen LogP contribution in [0.5, 0.6) is 5.75 Å². The number of rotatable bonds is 8. The molecule has 0 radical (unpaired) electrons. The Balaban J connectivity index is 1.35. The molecule has 1 aliphatic carbocycles. The molecule has 0 bridgehead atoms. The third-order valence-electron chi connectivity index (χ3n) is 4.64. The van der Waals surface area contributed by atoms with Gasteiger partial charge in [-0.3, -0.25) is 9.36 Å². The molecule has 1 amide bonds. The van der Waals surface area contributed by atoms with Crippen molar-refractivity contribution in [2.45, 2.75) is 25.4 Å². The molecule has 1 saturated carbocycles. The zero-order valence-electron chi connectivity index (χ0n) is 15.8. The van der Waals surface area contributed by atoms with Crippen molar-refractivity contribution < 1.29 is 13.9 Å². The number of nitrogens with one attached hydrogen (secondary N) is 1. The van der Waals surface area contributed by atoms with E-state index in [9.17, 15) is 14.0 Å². The maximum absolute atomic E-state index is 12.9. The monoisotopic (exact) mass is 396 g/mol. The van der Waals surface area contributed by atoms with Gasteiger partial charge in [0.2, 0.25) is 0 Å². The van der Waals surface area contributed by atoms with Crippen molar-refractivity contribution in [3.8, 4) is 17.1 Å². The van der Waals surface area contributed by atoms with Crippen molar-refractivity contribution in [2.24, 2.45) is 0 Å². The highest BCUT2D eigenvalue weighted by Crippen LogP contribution is 2.36. The smallest absolute Gasteiger partial charge is 0.346 e. The van der Waals surface area contributed by atoms with E-state index in [2.05, 4.69) is 10.4 Å². The number of halogens is 1. The van der Waals surface area contributed by atoms with Crippen LogP contribution in [0.2, 0.25) is 0 Å². The minimum Gasteiger partial charge on any atom is -0.484 e. The Morgan fingerprint density at radius 3 is 2.55 bits per heavy atom. The van der Waals surface area contributed by atoms with E-state index in [1.807, 2.05) is 30.3 Å². The Kier molecular flexibility index (Phi) is 5.41. The Morgan fingerprint density at radius 1 is 1.14 bits per heavy atom. The van der Waals surface area contributed by atoms with Gasteiger partial charge in [0.05, 0.1) is 6.54 Å². The second-order valence-corrected chi connectivity index (χ2v) is 6.89. The first-order valence-electron chi connectivity index (χ1n) is 9.51. The van der Waals surface area contributed by atoms with E-state index in [1.54, 1.807) is 4.57 Å². The number of ether oxygens (including phenoxy) is 1. The number of benzene rings is 2. The van der Waals surface area contributed by atoms with Crippen LogP contribution in [0, 0.1) is 5.82 Å². The highest BCUT2D eigenvalue weighted by atomic mass is 19.1. The highest BCUT2D eigenvalue weighted by molar-refractivity contribution is 5.77. The molecule has 0 saturated heterocycles. The van der Waals surface area contributed by atoms with E-state index >= 15 is 0 Å². The third kappa shape index (κ3) is 4.53. The van der Waals surface area contributed by atoms with Gasteiger partial charge in [0, 0.05) is 18.2 Å². The fourth-order valence-corrected chi connectivity index (χ4v) is 3.04. The first-order chi connectivity index (χ1) is 14.1. The SMILES string of the molecule is O=C(COc1ccc(F)cc1)NCCn1nc(-c2ccccc2)n(C2CC2)c1=O. The lowest BCUT2D eigenvalue weighted by Gasteiger charge is -2.07. The Hall–Kier alpha value is -3.42. The molecule has 0 aliphatic heterocycles. The standard InChI is InChI=1S/C21H21FN4O3/c22-16-6-10-18(11-7-16)29-14-19(27)23-12-13-25-21(28)26(17-8-9-17)20(24-25)15-4-2-1-3-5-15/h1-7,10-11,17H,8-9,12-14H2,(H,23,27). The maximum atomic E-state index is 12.9. The fraction of sp³-hybridized carbons (Fsp3) is 0.286. The maximum Gasteiger partial charge on any atom is 0.346 e. The molecule has 8 heteroatoms. The van der Waals surface area contributed by atoms with Gasteiger partial charge < -0.3 is 10.1 Å². The topological polar surface area (TPSA) is 78.2 Å². The van der Waals surface area contributed by atoms with Gasteiger partial charge in [0.25, 0.3) is 5.91 Å². The molecule has 1 aliphatic rings. The molecule has 29 heavy (non-hydrogen) atoms. The van der Waals surface area contributed by atoms with E-state index < -0.39 is 0 Å². The predicted molar refractivity (Wildman–Crippen MR) is 105 cm³/mol. The molecule has 0 unspecified atom stereocenters. The molecule has 2 aromatic carbocycles. The van der Waals surface area contributed by atoms with Gasteiger partial charge in [0.15, 0.2) is 12.4 Å². The zero-order valence-corrected chi connectivity index (χ0v) is 15.8. The average Bonchev–Trinajstić information content (AvgIpc) is 3.52. The van der Waals surface area contributed by atoms with Crippen LogP contribution < -0.4 is 15.7 Å². The molecular weight excluding hydrogens is 375 g/mol. The summed E-state index contributed by atoms with van der Waals surface area (Å²) >= 11 is 0. The summed E-state index contributed by atoms with van der Waals surface area (Å²) in [5, 5.41) is 7.20. The number of amides is 1. The molecule has 4 rings (SSSR count). The quantitative estimate of drug-likeness (QED) is 0.634. The molecule has 3 aromatic rings. The van der Waals surface area contributed by atoms with E-state index in [4.69, 9.17) is 4.74 Å². The normalized spacial score (nSPS) is 13.3. The summed E-state index contributed by atoms with van der Waals surface area (Å²) in [5.41, 5.74) is 0.732. The second-order valence-electron chi connectivity index (χ2n) is 6.89. The zero-order chi connectivity index (χ0) is 20.2. The summed E-state index contributed by atoms with van der Waals surface area (Å²) in [6.07, 6.45) is 1.95. The van der Waals surface area contributed by atoms with Gasteiger partial charge in [-0.2, -0.15) is 0 Å². The van der Waals surface area contributed by atoms with Crippen molar-refractivity contribution in [1.29, 1.82) is 0 Å². The molecule has 7 nitrogen and oxygen atoms in total. The van der Waals surface area contributed by atoms with Crippen molar-refractivity contribution in [3.05, 3.63) is 70.9 Å². The molecule has 1 N–H and O–H groups in total. The van der Waals surface area contributed by atoms with E-state index in [-0.39, 0.29) is 43.2 Å². The van der Waals surface area contributed by atoms with Crippen LogP contribution in [-0.2, 0) is 11.3 Å². The minimum absolute atomic E-state index is 0.164. The van der Waals surface area contributed by atoms with Gasteiger partial charge in [-0.25, -0.2) is 13.9 Å². The lowest BCUT2D eigenvalue weighted by molar-refractivity contribution is -0.123. The first kappa shape index (κ1) is 18.9. The summed E-state index contributed by atoms with van der Waals surface area (Å²) in [6.45, 7) is 0.328. The molecule has 1 fully saturated rings. The number of aromatic nitrogens is 3. The van der Waals surface area contributed by atoms with Crippen molar-refractivity contribution in [1.82, 2.24) is 19.7 Å². The molecule has 1 heterocycles. The summed E-state index contributed by atoms with van der Waals surface area (Å²) < 4.78 is 21.3. The second kappa shape index (κ2) is 8.30. The number of hydrogen-bond donors (Lipinski definition) is 1. The Labute approximate surface area is 166 Å². The summed E-state index contributed by atoms with van der Waals surface area (Å²) in [4.78, 5) is 24.7. The lowest BCUT2D eigenvalue weighted by atomic mass is 10.2. The minimum atomic E-state index is -0.368. The Bertz CT molecular complexity index is 1040. The summed E-state index contributed by atoms with van der Waals surface area (Å²) in [6, 6.07) is 15.2. The predicted octanol–water partition coefficient (Wildman–Crippen LogP) is 2.38. The molecule has 150 valence electrons. The fourth-order valence-electron chi connectivity index (χ4n) is 3.04. The Morgan fingerprint density at radius 2 is 1.86 bits per heavy atom. The summed E-state index contributed by atoms with van der Waals surface area (Å²) in [7, 11) is 0. The molecule has 1 aromatic heterocycles. The van der Waals surface area contributed by atoms with Gasteiger partial charge >= 0.3 is 5.69 Å². The van der Waals surface area contributed by atoms with Gasteiger partial charge in [-0.15, -0.1) is 5.10 Å². The molecule has 0 spiro atoms. The number of nitrogens with zero attached hydrogens (tertiary/aromatic N) is 3. The van der Waals surface area contributed by atoms with Crippen molar-refractivity contribution in [3.63, 3.8) is 0 Å². The lowest BCUT2D eigenvalue weighted by Crippen LogP contribution is -2.34. The van der Waals surface area contributed by atoms with Gasteiger partial charge in [0.1, 0.15) is 11.6 Å². The molecular formula is C21H21FN4O3. The molecule has 0 atom stereocenters. The van der Waals surface area contributed by atoms with Crippen LogP contribution in [-0.4, -0.2) is 33.4 Å². The van der Waals surface area contributed by atoms with Crippen LogP contribution in [0.4, 0.5) is 4.39 Å². The first-order valence-corrected chi connectivity index (χ1v) is 9.51. The van der Waals surface area contributed by atoms with E-state index in [0.29, 0.717) is 11.6 Å². The van der Waals surface area contributed by atoms with Crippen molar-refractivity contribution in [2.75, 3.05) is 13.2 Å². The van der Waals surface area contributed by atoms with Gasteiger partial charge in [-0.05, 0) is 37.1 Å². The van der Waals surface area contributed by atoms with Crippen LogP contribution in [0.15, 0.2) is 59.4 Å². The van der Waals surface area contributed by atoms with Crippen LogP contribution in [0.25, 0.3) is 11.4 Å². The third-order valence-corrected chi connectivity index (χ3v) is 4.64. The van der Waals surface area contributed by atoms with Crippen LogP contribution in [0.3, 0.4) is 0 Å². The van der Waals surface area contributed by atoms with Crippen LogP contribution >= 0.6 is 0 Å². The number of carbonyl (C=O) groups excluding carboxylic acids is 1. The average molecular weight is 396 g/mol. The number of carbonyl (C=O) groups is 1.